The molecule has 0 bridgehead atoms. The van der Waals surface area contributed by atoms with E-state index in [0.717, 1.165) is 30.5 Å². The summed E-state index contributed by atoms with van der Waals surface area (Å²) in [7, 11) is 3.48. The SMILES string of the molecule is CN=C(NCc1cccnc1OC)N1CCC(C)CC1.I. The number of hydrogen-bond donors (Lipinski definition) is 1. The third-order valence-electron chi connectivity index (χ3n) is 3.78. The molecule has 21 heavy (non-hydrogen) atoms. The van der Waals surface area contributed by atoms with E-state index in [0.29, 0.717) is 12.4 Å². The van der Waals surface area contributed by atoms with E-state index in [1.54, 1.807) is 13.3 Å². The summed E-state index contributed by atoms with van der Waals surface area (Å²) in [5.74, 6) is 2.45. The number of nitrogens with zero attached hydrogens (tertiary/aromatic N) is 3. The minimum atomic E-state index is 0. The maximum atomic E-state index is 5.27. The fraction of sp³-hybridized carbons (Fsp3) is 0.600. The minimum Gasteiger partial charge on any atom is -0.481 e. The van der Waals surface area contributed by atoms with Crippen LogP contribution in [0.2, 0.25) is 0 Å². The van der Waals surface area contributed by atoms with Crippen molar-refractivity contribution >= 4 is 29.9 Å². The highest BCUT2D eigenvalue weighted by molar-refractivity contribution is 14.0. The lowest BCUT2D eigenvalue weighted by molar-refractivity contribution is 0.273. The van der Waals surface area contributed by atoms with Crippen LogP contribution in [0.4, 0.5) is 0 Å². The maximum Gasteiger partial charge on any atom is 0.218 e. The number of likely N-dealkylation sites (tertiary alicyclic amines) is 1. The normalized spacial score (nSPS) is 16.3. The number of piperidine rings is 1. The molecular formula is C15H25IN4O. The molecule has 0 unspecified atom stereocenters. The molecule has 0 saturated carbocycles. The van der Waals surface area contributed by atoms with Gasteiger partial charge in [-0.3, -0.25) is 4.99 Å². The van der Waals surface area contributed by atoms with Gasteiger partial charge in [0.05, 0.1) is 7.11 Å². The van der Waals surface area contributed by atoms with Crippen LogP contribution >= 0.6 is 24.0 Å². The zero-order chi connectivity index (χ0) is 14.4. The summed E-state index contributed by atoms with van der Waals surface area (Å²) in [6, 6.07) is 3.94. The molecule has 2 rings (SSSR count). The van der Waals surface area contributed by atoms with Crippen LogP contribution in [0.25, 0.3) is 0 Å². The zero-order valence-electron chi connectivity index (χ0n) is 13.0. The van der Waals surface area contributed by atoms with Gasteiger partial charge < -0.3 is 15.0 Å². The Labute approximate surface area is 144 Å². The molecule has 0 radical (unpaired) electrons. The summed E-state index contributed by atoms with van der Waals surface area (Å²) in [6.45, 7) is 5.14. The lowest BCUT2D eigenvalue weighted by Gasteiger charge is -2.33. The molecule has 0 aromatic carbocycles. The predicted octanol–water partition coefficient (Wildman–Crippen LogP) is 2.52. The summed E-state index contributed by atoms with van der Waals surface area (Å²) in [5, 5.41) is 3.40. The molecule has 0 amide bonds. The molecule has 1 aliphatic rings. The topological polar surface area (TPSA) is 49.8 Å². The van der Waals surface area contributed by atoms with Crippen LogP contribution < -0.4 is 10.1 Å². The molecule has 6 heteroatoms. The van der Waals surface area contributed by atoms with Gasteiger partial charge in [0.25, 0.3) is 0 Å². The quantitative estimate of drug-likeness (QED) is 0.478. The number of rotatable bonds is 3. The molecule has 118 valence electrons. The number of guanidine groups is 1. The highest BCUT2D eigenvalue weighted by atomic mass is 127. The average molecular weight is 404 g/mol. The second kappa shape index (κ2) is 9.07. The highest BCUT2D eigenvalue weighted by Crippen LogP contribution is 2.17. The van der Waals surface area contributed by atoms with E-state index < -0.39 is 0 Å². The summed E-state index contributed by atoms with van der Waals surface area (Å²) >= 11 is 0. The van der Waals surface area contributed by atoms with E-state index in [1.165, 1.54) is 12.8 Å². The summed E-state index contributed by atoms with van der Waals surface area (Å²) in [5.41, 5.74) is 1.04. The number of methoxy groups -OCH3 is 1. The molecule has 0 spiro atoms. The van der Waals surface area contributed by atoms with Gasteiger partial charge in [0.15, 0.2) is 5.96 Å². The number of nitrogens with one attached hydrogen (secondary N) is 1. The molecule has 1 aromatic rings. The van der Waals surface area contributed by atoms with Gasteiger partial charge in [0, 0.05) is 38.4 Å². The number of aromatic nitrogens is 1. The summed E-state index contributed by atoms with van der Waals surface area (Å²) in [4.78, 5) is 10.9. The Morgan fingerprint density at radius 2 is 2.19 bits per heavy atom. The minimum absolute atomic E-state index is 0. The third-order valence-corrected chi connectivity index (χ3v) is 3.78. The first kappa shape index (κ1) is 18.0. The van der Waals surface area contributed by atoms with Gasteiger partial charge in [0.1, 0.15) is 0 Å². The Morgan fingerprint density at radius 1 is 1.48 bits per heavy atom. The smallest absolute Gasteiger partial charge is 0.218 e. The lowest BCUT2D eigenvalue weighted by atomic mass is 10.00. The second-order valence-corrected chi connectivity index (χ2v) is 5.24. The van der Waals surface area contributed by atoms with Gasteiger partial charge >= 0.3 is 0 Å². The van der Waals surface area contributed by atoms with Crippen LogP contribution in [-0.4, -0.2) is 43.1 Å². The molecule has 1 aromatic heterocycles. The molecule has 0 aliphatic carbocycles. The molecule has 5 nitrogen and oxygen atoms in total. The molecular weight excluding hydrogens is 379 g/mol. The standard InChI is InChI=1S/C15H24N4O.HI/c1-12-6-9-19(10-7-12)15(16-2)18-11-13-5-4-8-17-14(13)20-3;/h4-5,8,12H,6-7,9-11H2,1-3H3,(H,16,18);1H. The monoisotopic (exact) mass is 404 g/mol. The van der Waals surface area contributed by atoms with Crippen molar-refractivity contribution in [1.82, 2.24) is 15.2 Å². The van der Waals surface area contributed by atoms with E-state index in [1.807, 2.05) is 19.2 Å². The molecule has 0 atom stereocenters. The first-order valence-corrected chi connectivity index (χ1v) is 7.18. The molecule has 1 fully saturated rings. The molecule has 1 aliphatic heterocycles. The molecule has 1 N–H and O–H groups in total. The largest absolute Gasteiger partial charge is 0.481 e. The lowest BCUT2D eigenvalue weighted by Crippen LogP contribution is -2.45. The fourth-order valence-corrected chi connectivity index (χ4v) is 2.47. The van der Waals surface area contributed by atoms with Crippen LogP contribution in [0.5, 0.6) is 5.88 Å². The maximum absolute atomic E-state index is 5.27. The number of aliphatic imine (C=N–C) groups is 1. The number of halogens is 1. The van der Waals surface area contributed by atoms with E-state index in [4.69, 9.17) is 4.74 Å². The van der Waals surface area contributed by atoms with Crippen molar-refractivity contribution in [3.05, 3.63) is 23.9 Å². The van der Waals surface area contributed by atoms with Gasteiger partial charge in [0.2, 0.25) is 5.88 Å². The Bertz CT molecular complexity index is 459. The number of ether oxygens (including phenoxy) is 1. The third kappa shape index (κ3) is 5.01. The van der Waals surface area contributed by atoms with Gasteiger partial charge in [-0.25, -0.2) is 4.98 Å². The Kier molecular flexibility index (Phi) is 7.77. The Morgan fingerprint density at radius 3 is 2.81 bits per heavy atom. The van der Waals surface area contributed by atoms with E-state index in [9.17, 15) is 0 Å². The Hall–Kier alpha value is -1.05. The van der Waals surface area contributed by atoms with Crippen molar-refractivity contribution in [2.75, 3.05) is 27.2 Å². The zero-order valence-corrected chi connectivity index (χ0v) is 15.3. The van der Waals surface area contributed by atoms with Crippen LogP contribution in [0.3, 0.4) is 0 Å². The van der Waals surface area contributed by atoms with Gasteiger partial charge in [-0.05, 0) is 24.8 Å². The molecule has 1 saturated heterocycles. The van der Waals surface area contributed by atoms with Crippen molar-refractivity contribution in [2.24, 2.45) is 10.9 Å². The fourth-order valence-electron chi connectivity index (χ4n) is 2.47. The van der Waals surface area contributed by atoms with Crippen molar-refractivity contribution in [3.63, 3.8) is 0 Å². The van der Waals surface area contributed by atoms with E-state index >= 15 is 0 Å². The number of pyridine rings is 1. The highest BCUT2D eigenvalue weighted by Gasteiger charge is 2.18. The van der Waals surface area contributed by atoms with Crippen LogP contribution in [0.1, 0.15) is 25.3 Å². The average Bonchev–Trinajstić information content (AvgIpc) is 2.50. The predicted molar refractivity (Wildman–Crippen MR) is 96.4 cm³/mol. The van der Waals surface area contributed by atoms with Crippen LogP contribution in [0.15, 0.2) is 23.3 Å². The van der Waals surface area contributed by atoms with Crippen LogP contribution in [-0.2, 0) is 6.54 Å². The second-order valence-electron chi connectivity index (χ2n) is 5.24. The first-order valence-electron chi connectivity index (χ1n) is 7.18. The van der Waals surface area contributed by atoms with Gasteiger partial charge in [-0.15, -0.1) is 24.0 Å². The van der Waals surface area contributed by atoms with E-state index in [-0.39, 0.29) is 24.0 Å². The summed E-state index contributed by atoms with van der Waals surface area (Å²) in [6.07, 6.45) is 4.21. The Balaban J connectivity index is 0.00000220. The van der Waals surface area contributed by atoms with Gasteiger partial charge in [-0.1, -0.05) is 13.0 Å². The molecule has 2 heterocycles. The van der Waals surface area contributed by atoms with Crippen LogP contribution in [0, 0.1) is 5.92 Å². The number of hydrogen-bond acceptors (Lipinski definition) is 3. The van der Waals surface area contributed by atoms with Crippen molar-refractivity contribution in [1.29, 1.82) is 0 Å². The van der Waals surface area contributed by atoms with Crippen molar-refractivity contribution in [2.45, 2.75) is 26.3 Å². The van der Waals surface area contributed by atoms with Gasteiger partial charge in [-0.2, -0.15) is 0 Å². The van der Waals surface area contributed by atoms with Crippen molar-refractivity contribution in [3.8, 4) is 5.88 Å². The summed E-state index contributed by atoms with van der Waals surface area (Å²) < 4.78 is 5.27. The van der Waals surface area contributed by atoms with Crippen molar-refractivity contribution < 1.29 is 4.74 Å². The van der Waals surface area contributed by atoms with E-state index in [2.05, 4.69) is 27.1 Å². The first-order chi connectivity index (χ1) is 9.74.